The Morgan fingerprint density at radius 3 is 1.67 bits per heavy atom. The van der Waals surface area contributed by atoms with Gasteiger partial charge in [0.05, 0.1) is 10.9 Å². The summed E-state index contributed by atoms with van der Waals surface area (Å²) in [4.78, 5) is 15.3. The van der Waals surface area contributed by atoms with Crippen molar-refractivity contribution in [1.29, 1.82) is 0 Å². The van der Waals surface area contributed by atoms with Crippen molar-refractivity contribution in [3.63, 3.8) is 0 Å². The van der Waals surface area contributed by atoms with E-state index in [1.165, 1.54) is 14.7 Å². The van der Waals surface area contributed by atoms with Crippen LogP contribution >= 0.6 is 15.9 Å². The van der Waals surface area contributed by atoms with E-state index in [4.69, 9.17) is 4.74 Å². The van der Waals surface area contributed by atoms with Crippen molar-refractivity contribution in [3.8, 4) is 0 Å². The predicted molar refractivity (Wildman–Crippen MR) is 114 cm³/mol. The molecule has 3 rings (SSSR count). The summed E-state index contributed by atoms with van der Waals surface area (Å²) in [6, 6.07) is 29.5. The average molecular weight is 442 g/mol. The van der Waals surface area contributed by atoms with Gasteiger partial charge in [-0.05, 0) is 55.8 Å². The van der Waals surface area contributed by atoms with E-state index in [9.17, 15) is 4.79 Å². The van der Waals surface area contributed by atoms with E-state index in [1.54, 1.807) is 6.92 Å². The molecule has 0 aliphatic rings. The SMILES string of the molecule is CC(Br)C(=O)OC(C)c1ccc([S+](c2ccccc2)c2ccccc2)cc1. The molecule has 2 unspecified atom stereocenters. The summed E-state index contributed by atoms with van der Waals surface area (Å²) in [5.74, 6) is -0.250. The Morgan fingerprint density at radius 2 is 1.22 bits per heavy atom. The van der Waals surface area contributed by atoms with Crippen LogP contribution in [0.1, 0.15) is 25.5 Å². The molecule has 0 bridgehead atoms. The van der Waals surface area contributed by atoms with Gasteiger partial charge in [-0.2, -0.15) is 0 Å². The second kappa shape index (κ2) is 9.25. The number of hydrogen-bond acceptors (Lipinski definition) is 2. The average Bonchev–Trinajstić information content (AvgIpc) is 2.70. The summed E-state index contributed by atoms with van der Waals surface area (Å²) in [5.41, 5.74) is 0.991. The van der Waals surface area contributed by atoms with E-state index < -0.39 is 0 Å². The van der Waals surface area contributed by atoms with Crippen LogP contribution in [0.15, 0.2) is 99.6 Å². The number of ether oxygens (including phenoxy) is 1. The molecule has 0 radical (unpaired) electrons. The first-order valence-electron chi connectivity index (χ1n) is 8.85. The van der Waals surface area contributed by atoms with E-state index in [0.29, 0.717) is 0 Å². The first kappa shape index (κ1) is 19.7. The van der Waals surface area contributed by atoms with Crippen molar-refractivity contribution in [2.45, 2.75) is 39.5 Å². The van der Waals surface area contributed by atoms with Crippen LogP contribution in [-0.2, 0) is 20.4 Å². The lowest BCUT2D eigenvalue weighted by atomic mass is 10.1. The molecule has 27 heavy (non-hydrogen) atoms. The lowest BCUT2D eigenvalue weighted by Crippen LogP contribution is -2.16. The second-order valence-electron chi connectivity index (χ2n) is 6.20. The summed E-state index contributed by atoms with van der Waals surface area (Å²) < 4.78 is 5.48. The summed E-state index contributed by atoms with van der Waals surface area (Å²) >= 11 is 3.25. The molecule has 3 aromatic rings. The molecule has 0 aliphatic heterocycles. The van der Waals surface area contributed by atoms with Gasteiger partial charge in [-0.1, -0.05) is 64.5 Å². The number of alkyl halides is 1. The fourth-order valence-corrected chi connectivity index (χ4v) is 4.92. The van der Waals surface area contributed by atoms with Gasteiger partial charge < -0.3 is 4.74 Å². The molecular weight excluding hydrogens is 420 g/mol. The fourth-order valence-electron chi connectivity index (χ4n) is 2.73. The van der Waals surface area contributed by atoms with E-state index in [-0.39, 0.29) is 27.8 Å². The maximum atomic E-state index is 11.8. The Labute approximate surface area is 172 Å². The van der Waals surface area contributed by atoms with Gasteiger partial charge in [0, 0.05) is 0 Å². The Balaban J connectivity index is 1.89. The van der Waals surface area contributed by atoms with Gasteiger partial charge in [0.25, 0.3) is 0 Å². The standard InChI is InChI=1S/C23H22BrO2S/c1-17(24)23(25)26-18(2)19-13-15-22(16-14-19)27(20-9-5-3-6-10-20)21-11-7-4-8-12-21/h3-18H,1-2H3/q+1. The zero-order valence-electron chi connectivity index (χ0n) is 15.3. The summed E-state index contributed by atoms with van der Waals surface area (Å²) in [5, 5.41) is 0. The normalized spacial score (nSPS) is 13.2. The molecule has 0 aromatic heterocycles. The van der Waals surface area contributed by atoms with E-state index in [2.05, 4.69) is 88.7 Å². The van der Waals surface area contributed by atoms with Crippen molar-refractivity contribution in [2.75, 3.05) is 0 Å². The molecule has 2 atom stereocenters. The zero-order chi connectivity index (χ0) is 19.2. The molecule has 0 fully saturated rings. The number of esters is 1. The summed E-state index contributed by atoms with van der Waals surface area (Å²) in [7, 11) is -0.169. The molecule has 3 aromatic carbocycles. The number of benzene rings is 3. The maximum Gasteiger partial charge on any atom is 0.320 e. The first-order valence-corrected chi connectivity index (χ1v) is 11.0. The van der Waals surface area contributed by atoms with Crippen molar-refractivity contribution < 1.29 is 9.53 Å². The smallest absolute Gasteiger partial charge is 0.320 e. The molecule has 0 amide bonds. The molecule has 0 heterocycles. The van der Waals surface area contributed by atoms with Crippen molar-refractivity contribution >= 4 is 32.8 Å². The van der Waals surface area contributed by atoms with Gasteiger partial charge in [-0.25, -0.2) is 0 Å². The van der Waals surface area contributed by atoms with Gasteiger partial charge >= 0.3 is 5.97 Å². The summed E-state index contributed by atoms with van der Waals surface area (Å²) in [6.07, 6.45) is -0.276. The molecule has 0 spiro atoms. The van der Waals surface area contributed by atoms with Crippen LogP contribution in [0.5, 0.6) is 0 Å². The van der Waals surface area contributed by atoms with Crippen LogP contribution in [0.2, 0.25) is 0 Å². The summed E-state index contributed by atoms with van der Waals surface area (Å²) in [6.45, 7) is 3.67. The third-order valence-corrected chi connectivity index (χ3v) is 6.77. The fraction of sp³-hybridized carbons (Fsp3) is 0.174. The number of carbonyl (C=O) groups is 1. The van der Waals surface area contributed by atoms with Gasteiger partial charge in [0.2, 0.25) is 0 Å². The van der Waals surface area contributed by atoms with E-state index >= 15 is 0 Å². The van der Waals surface area contributed by atoms with E-state index in [1.807, 2.05) is 19.1 Å². The van der Waals surface area contributed by atoms with Gasteiger partial charge in [-0.3, -0.25) is 4.79 Å². The van der Waals surface area contributed by atoms with Crippen molar-refractivity contribution in [2.24, 2.45) is 0 Å². The van der Waals surface area contributed by atoms with Crippen molar-refractivity contribution in [1.82, 2.24) is 0 Å². The molecule has 0 saturated heterocycles. The molecule has 138 valence electrons. The van der Waals surface area contributed by atoms with Crippen LogP contribution in [0.4, 0.5) is 0 Å². The van der Waals surface area contributed by atoms with Crippen LogP contribution in [0, 0.1) is 0 Å². The van der Waals surface area contributed by atoms with Gasteiger partial charge in [-0.15, -0.1) is 0 Å². The van der Waals surface area contributed by atoms with Crippen molar-refractivity contribution in [3.05, 3.63) is 90.5 Å². The van der Waals surface area contributed by atoms with Gasteiger partial charge in [0.1, 0.15) is 10.9 Å². The number of carbonyl (C=O) groups excluding carboxylic acids is 1. The number of hydrogen-bond donors (Lipinski definition) is 0. The molecular formula is C23H22BrO2S+. The third-order valence-electron chi connectivity index (χ3n) is 4.16. The first-order chi connectivity index (χ1) is 13.1. The highest BCUT2D eigenvalue weighted by molar-refractivity contribution is 9.10. The largest absolute Gasteiger partial charge is 0.457 e. The van der Waals surface area contributed by atoms with E-state index in [0.717, 1.165) is 5.56 Å². The van der Waals surface area contributed by atoms with Gasteiger partial charge in [0.15, 0.2) is 14.7 Å². The molecule has 4 heteroatoms. The Kier molecular flexibility index (Phi) is 6.75. The Bertz CT molecular complexity index is 824. The molecule has 0 aliphatic carbocycles. The lowest BCUT2D eigenvalue weighted by Gasteiger charge is -2.15. The quantitative estimate of drug-likeness (QED) is 0.259. The van der Waals surface area contributed by atoms with Crippen LogP contribution in [0.3, 0.4) is 0 Å². The van der Waals surface area contributed by atoms with Crippen LogP contribution in [-0.4, -0.2) is 10.8 Å². The molecule has 0 saturated carbocycles. The lowest BCUT2D eigenvalue weighted by molar-refractivity contribution is -0.147. The molecule has 2 nitrogen and oxygen atoms in total. The number of halogens is 1. The third kappa shape index (κ3) is 5.02. The van der Waals surface area contributed by atoms with Crippen LogP contribution in [0.25, 0.3) is 0 Å². The second-order valence-corrected chi connectivity index (χ2v) is 9.60. The zero-order valence-corrected chi connectivity index (χ0v) is 17.7. The van der Waals surface area contributed by atoms with Crippen LogP contribution < -0.4 is 0 Å². The Hall–Kier alpha value is -2.04. The minimum atomic E-state index is -0.304. The predicted octanol–water partition coefficient (Wildman–Crippen LogP) is 6.17. The monoisotopic (exact) mass is 441 g/mol. The topological polar surface area (TPSA) is 26.3 Å². The molecule has 0 N–H and O–H groups in total. The number of rotatable bonds is 6. The minimum absolute atomic E-state index is 0.169. The highest BCUT2D eigenvalue weighted by Gasteiger charge is 2.28. The minimum Gasteiger partial charge on any atom is -0.457 e. The Morgan fingerprint density at radius 1 is 0.778 bits per heavy atom. The highest BCUT2D eigenvalue weighted by Crippen LogP contribution is 2.32. The highest BCUT2D eigenvalue weighted by atomic mass is 79.9. The maximum absolute atomic E-state index is 11.8.